The molecule has 1 unspecified atom stereocenters. The molecule has 39 heavy (non-hydrogen) atoms. The van der Waals surface area contributed by atoms with Gasteiger partial charge in [0.1, 0.15) is 11.0 Å². The van der Waals surface area contributed by atoms with E-state index < -0.39 is 0 Å². The van der Waals surface area contributed by atoms with Gasteiger partial charge in [0.05, 0.1) is 18.1 Å². The van der Waals surface area contributed by atoms with Crippen molar-refractivity contribution in [1.29, 1.82) is 0 Å². The van der Waals surface area contributed by atoms with E-state index in [1.807, 2.05) is 4.68 Å². The molecule has 0 saturated carbocycles. The number of aryl methyl sites for hydroxylation is 1. The summed E-state index contributed by atoms with van der Waals surface area (Å²) in [5.41, 5.74) is 4.46. The van der Waals surface area contributed by atoms with Crippen molar-refractivity contribution in [3.8, 4) is 5.75 Å². The Morgan fingerprint density at radius 1 is 1.03 bits per heavy atom. The molecule has 2 aliphatic rings. The van der Waals surface area contributed by atoms with Crippen LogP contribution in [0, 0.1) is 0 Å². The Labute approximate surface area is 228 Å². The van der Waals surface area contributed by atoms with Crippen molar-refractivity contribution in [2.24, 2.45) is 7.05 Å². The molecule has 0 amide bonds. The lowest BCUT2D eigenvalue weighted by molar-refractivity contribution is -0.0386. The van der Waals surface area contributed by atoms with Crippen LogP contribution in [0.1, 0.15) is 57.9 Å². The summed E-state index contributed by atoms with van der Waals surface area (Å²) >= 11 is 0. The first-order valence-corrected chi connectivity index (χ1v) is 13.9. The van der Waals surface area contributed by atoms with Crippen molar-refractivity contribution >= 4 is 27.9 Å². The van der Waals surface area contributed by atoms with Gasteiger partial charge in [-0.1, -0.05) is 6.07 Å². The molecule has 0 bridgehead atoms. The summed E-state index contributed by atoms with van der Waals surface area (Å²) in [7, 11) is 3.33. The number of anilines is 1. The molecule has 0 N–H and O–H groups in total. The van der Waals surface area contributed by atoms with Crippen LogP contribution in [0.3, 0.4) is 0 Å². The van der Waals surface area contributed by atoms with Crippen LogP contribution >= 0.6 is 0 Å². The predicted octanol–water partition coefficient (Wildman–Crippen LogP) is 4.05. The van der Waals surface area contributed by atoms with Crippen LogP contribution in [0.5, 0.6) is 5.75 Å². The predicted molar refractivity (Wildman–Crippen MR) is 151 cm³/mol. The smallest absolute Gasteiger partial charge is 0.293 e. The molecule has 4 atom stereocenters. The maximum absolute atomic E-state index is 13.1. The van der Waals surface area contributed by atoms with Crippen molar-refractivity contribution < 1.29 is 9.47 Å². The Hall–Kier alpha value is -3.50. The summed E-state index contributed by atoms with van der Waals surface area (Å²) < 4.78 is 15.3. The zero-order valence-electron chi connectivity index (χ0n) is 23.4. The van der Waals surface area contributed by atoms with Gasteiger partial charge in [-0.05, 0) is 57.7 Å². The number of ether oxygens (including phenoxy) is 2. The number of pyridine rings is 1. The van der Waals surface area contributed by atoms with Crippen molar-refractivity contribution in [1.82, 2.24) is 29.2 Å². The zero-order valence-corrected chi connectivity index (χ0v) is 23.4. The maximum Gasteiger partial charge on any atom is 0.293 e. The Morgan fingerprint density at radius 2 is 1.82 bits per heavy atom. The first-order chi connectivity index (χ1) is 18.9. The van der Waals surface area contributed by atoms with Crippen LogP contribution in [-0.4, -0.2) is 68.1 Å². The fourth-order valence-corrected chi connectivity index (χ4v) is 6.26. The highest BCUT2D eigenvalue weighted by Crippen LogP contribution is 2.37. The molecule has 0 aliphatic carbocycles. The highest BCUT2D eigenvalue weighted by molar-refractivity contribution is 5.88. The van der Waals surface area contributed by atoms with Crippen LogP contribution in [0.15, 0.2) is 41.5 Å². The molecule has 4 aromatic rings. The van der Waals surface area contributed by atoms with E-state index in [-0.39, 0.29) is 29.9 Å². The van der Waals surface area contributed by atoms with Crippen LogP contribution in [-0.2, 0) is 11.8 Å². The first kappa shape index (κ1) is 25.8. The average molecular weight is 532 g/mol. The minimum atomic E-state index is -0.164. The van der Waals surface area contributed by atoms with E-state index in [2.05, 4.69) is 58.7 Å². The number of hydrogen-bond donors (Lipinski definition) is 0. The zero-order chi connectivity index (χ0) is 27.3. The highest BCUT2D eigenvalue weighted by Gasteiger charge is 2.37. The van der Waals surface area contributed by atoms with Gasteiger partial charge < -0.3 is 18.9 Å². The van der Waals surface area contributed by atoms with Gasteiger partial charge in [0.2, 0.25) is 0 Å². The molecular formula is C29H37N7O3. The summed E-state index contributed by atoms with van der Waals surface area (Å²) in [4.78, 5) is 27.0. The number of rotatable bonds is 5. The number of nitrogens with zero attached hydrogens (tertiary/aromatic N) is 7. The van der Waals surface area contributed by atoms with E-state index in [0.717, 1.165) is 66.8 Å². The molecule has 6 rings (SSSR count). The molecular weight excluding hydrogens is 494 g/mol. The third-order valence-electron chi connectivity index (χ3n) is 8.43. The molecule has 0 radical (unpaired) electrons. The second kappa shape index (κ2) is 10.2. The molecule has 10 nitrogen and oxygen atoms in total. The van der Waals surface area contributed by atoms with Crippen molar-refractivity contribution in [3.63, 3.8) is 0 Å². The third kappa shape index (κ3) is 4.45. The largest absolute Gasteiger partial charge is 0.491 e. The van der Waals surface area contributed by atoms with Crippen molar-refractivity contribution in [2.45, 2.75) is 64.4 Å². The maximum atomic E-state index is 13.1. The second-order valence-electron chi connectivity index (χ2n) is 10.9. The van der Waals surface area contributed by atoms with Gasteiger partial charge in [0, 0.05) is 63.3 Å². The lowest BCUT2D eigenvalue weighted by atomic mass is 10.00. The monoisotopic (exact) mass is 531 g/mol. The number of methoxy groups -OCH3 is 1. The van der Waals surface area contributed by atoms with E-state index in [9.17, 15) is 4.79 Å². The van der Waals surface area contributed by atoms with Gasteiger partial charge in [0.15, 0.2) is 17.8 Å². The molecule has 2 aliphatic heterocycles. The SMILES string of the molecule is COc1cc2nn(C3CCCCO3)c(N3C[C@@H](C)N([C@@H](C)c4ccc5nccnc5c4)C[C@@H]3C)c2n(C)c1=O. The average Bonchev–Trinajstić information content (AvgIpc) is 3.35. The van der Waals surface area contributed by atoms with Crippen LogP contribution in [0.25, 0.3) is 22.1 Å². The fourth-order valence-electron chi connectivity index (χ4n) is 6.26. The Balaban J connectivity index is 1.37. The topological polar surface area (TPSA) is 90.5 Å². The number of hydrogen-bond acceptors (Lipinski definition) is 8. The first-order valence-electron chi connectivity index (χ1n) is 13.9. The molecule has 206 valence electrons. The fraction of sp³-hybridized carbons (Fsp3) is 0.517. The van der Waals surface area contributed by atoms with E-state index in [0.29, 0.717) is 5.75 Å². The number of fused-ring (bicyclic) bond motifs is 2. The number of benzene rings is 1. The third-order valence-corrected chi connectivity index (χ3v) is 8.43. The van der Waals surface area contributed by atoms with Gasteiger partial charge in [-0.2, -0.15) is 5.10 Å². The van der Waals surface area contributed by atoms with E-state index in [1.54, 1.807) is 30.1 Å². The van der Waals surface area contributed by atoms with Gasteiger partial charge in [-0.25, -0.2) is 4.68 Å². The van der Waals surface area contributed by atoms with Crippen LogP contribution in [0.2, 0.25) is 0 Å². The van der Waals surface area contributed by atoms with Gasteiger partial charge >= 0.3 is 0 Å². The standard InChI is InChI=1S/C29H37N7O3/c1-18-17-35(19(2)16-34(18)20(3)21-9-10-22-23(14-21)31-12-11-30-22)28-27-24(15-25(38-5)29(37)33(27)4)32-36(28)26-8-6-7-13-39-26/h9-12,14-15,18-20,26H,6-8,13,16-17H2,1-5H3/t18-,19+,20+,26?/m1/s1. The van der Waals surface area contributed by atoms with Crippen molar-refractivity contribution in [3.05, 3.63) is 52.6 Å². The second-order valence-corrected chi connectivity index (χ2v) is 10.9. The van der Waals surface area contributed by atoms with E-state index in [1.165, 1.54) is 12.7 Å². The lowest BCUT2D eigenvalue weighted by Crippen LogP contribution is -2.57. The number of aromatic nitrogens is 5. The highest BCUT2D eigenvalue weighted by atomic mass is 16.5. The van der Waals surface area contributed by atoms with Gasteiger partial charge in [0.25, 0.3) is 5.56 Å². The Bertz CT molecular complexity index is 1560. The summed E-state index contributed by atoms with van der Waals surface area (Å²) in [5, 5.41) is 5.00. The molecule has 5 heterocycles. The van der Waals surface area contributed by atoms with Crippen LogP contribution in [0.4, 0.5) is 5.82 Å². The Kier molecular flexibility index (Phi) is 6.76. The normalized spacial score (nSPS) is 23.4. The van der Waals surface area contributed by atoms with Gasteiger partial charge in [-0.15, -0.1) is 0 Å². The summed E-state index contributed by atoms with van der Waals surface area (Å²) in [6.07, 6.45) is 6.37. The molecule has 2 saturated heterocycles. The summed E-state index contributed by atoms with van der Waals surface area (Å²) in [6, 6.07) is 8.80. The summed E-state index contributed by atoms with van der Waals surface area (Å²) in [5.74, 6) is 1.25. The number of piperazine rings is 1. The minimum Gasteiger partial charge on any atom is -0.491 e. The minimum absolute atomic E-state index is 0.152. The quantitative estimate of drug-likeness (QED) is 0.381. The van der Waals surface area contributed by atoms with Crippen molar-refractivity contribution in [2.75, 3.05) is 31.7 Å². The summed E-state index contributed by atoms with van der Waals surface area (Å²) in [6.45, 7) is 9.18. The molecule has 1 aromatic carbocycles. The molecule has 2 fully saturated rings. The lowest BCUT2D eigenvalue weighted by Gasteiger charge is -2.48. The van der Waals surface area contributed by atoms with E-state index in [4.69, 9.17) is 14.6 Å². The molecule has 10 heteroatoms. The Morgan fingerprint density at radius 3 is 2.56 bits per heavy atom. The molecule has 0 spiro atoms. The van der Waals surface area contributed by atoms with E-state index >= 15 is 0 Å². The molecule has 3 aromatic heterocycles. The van der Waals surface area contributed by atoms with Crippen LogP contribution < -0.4 is 15.2 Å². The van der Waals surface area contributed by atoms with Gasteiger partial charge in [-0.3, -0.25) is 19.7 Å².